The number of rotatable bonds is 1. The molecule has 1 atom stereocenters. The highest BCUT2D eigenvalue weighted by atomic mass is 35.5. The summed E-state index contributed by atoms with van der Waals surface area (Å²) < 4.78 is 5.71. The summed E-state index contributed by atoms with van der Waals surface area (Å²) in [5, 5.41) is 3.70. The molecule has 0 aliphatic carbocycles. The molecule has 1 amide bonds. The largest absolute Gasteiger partial charge is 0.450 e. The number of hydrogen-bond acceptors (Lipinski definition) is 3. The van der Waals surface area contributed by atoms with Gasteiger partial charge in [0, 0.05) is 5.02 Å². The molecule has 1 aromatic heterocycles. The maximum atomic E-state index is 12.9. The van der Waals surface area contributed by atoms with Crippen LogP contribution in [0, 0.1) is 6.92 Å². The first-order chi connectivity index (χ1) is 11.1. The SMILES string of the molecule is Cc1cc2oc3c(c(=O)c2cc1Cl)C(c1ccccc1)NC3=O. The lowest BCUT2D eigenvalue weighted by molar-refractivity contribution is 0.0938. The smallest absolute Gasteiger partial charge is 0.288 e. The van der Waals surface area contributed by atoms with Crippen molar-refractivity contribution < 1.29 is 9.21 Å². The number of nitrogens with one attached hydrogen (secondary N) is 1. The lowest BCUT2D eigenvalue weighted by Crippen LogP contribution is -2.21. The summed E-state index contributed by atoms with van der Waals surface area (Å²) in [7, 11) is 0. The van der Waals surface area contributed by atoms with Crippen LogP contribution in [0.5, 0.6) is 0 Å². The van der Waals surface area contributed by atoms with Gasteiger partial charge < -0.3 is 9.73 Å². The van der Waals surface area contributed by atoms with Gasteiger partial charge in [-0.2, -0.15) is 0 Å². The fraction of sp³-hybridized carbons (Fsp3) is 0.111. The number of carbonyl (C=O) groups excluding carboxylic acids is 1. The molecule has 2 heterocycles. The van der Waals surface area contributed by atoms with E-state index in [4.69, 9.17) is 16.0 Å². The highest BCUT2D eigenvalue weighted by Crippen LogP contribution is 2.32. The van der Waals surface area contributed by atoms with Gasteiger partial charge in [0.15, 0.2) is 5.43 Å². The summed E-state index contributed by atoms with van der Waals surface area (Å²) in [6.45, 7) is 1.82. The van der Waals surface area contributed by atoms with Gasteiger partial charge in [-0.05, 0) is 30.2 Å². The van der Waals surface area contributed by atoms with Crippen molar-refractivity contribution >= 4 is 28.5 Å². The van der Waals surface area contributed by atoms with E-state index in [1.807, 2.05) is 37.3 Å². The monoisotopic (exact) mass is 325 g/mol. The van der Waals surface area contributed by atoms with Crippen LogP contribution in [-0.4, -0.2) is 5.91 Å². The molecule has 1 unspecified atom stereocenters. The molecule has 0 spiro atoms. The van der Waals surface area contributed by atoms with Crippen molar-refractivity contribution in [2.24, 2.45) is 0 Å². The Morgan fingerprint density at radius 3 is 2.61 bits per heavy atom. The van der Waals surface area contributed by atoms with E-state index >= 15 is 0 Å². The first-order valence-electron chi connectivity index (χ1n) is 7.19. The highest BCUT2D eigenvalue weighted by Gasteiger charge is 2.35. The van der Waals surface area contributed by atoms with E-state index < -0.39 is 6.04 Å². The number of aryl methyl sites for hydroxylation is 1. The molecule has 4 rings (SSSR count). The van der Waals surface area contributed by atoms with Gasteiger partial charge in [0.25, 0.3) is 5.91 Å². The fourth-order valence-electron chi connectivity index (χ4n) is 2.93. The van der Waals surface area contributed by atoms with Crippen LogP contribution in [0.15, 0.2) is 51.7 Å². The number of carbonyl (C=O) groups is 1. The second kappa shape index (κ2) is 4.96. The van der Waals surface area contributed by atoms with Crippen molar-refractivity contribution in [3.63, 3.8) is 0 Å². The number of amides is 1. The predicted octanol–water partition coefficient (Wildman–Crippen LogP) is 3.59. The summed E-state index contributed by atoms with van der Waals surface area (Å²) >= 11 is 6.13. The third-order valence-electron chi connectivity index (χ3n) is 4.11. The van der Waals surface area contributed by atoms with Crippen molar-refractivity contribution in [3.8, 4) is 0 Å². The highest BCUT2D eigenvalue weighted by molar-refractivity contribution is 6.32. The summed E-state index contributed by atoms with van der Waals surface area (Å²) in [5.41, 5.74) is 2.12. The third-order valence-corrected chi connectivity index (χ3v) is 4.52. The summed E-state index contributed by atoms with van der Waals surface area (Å²) in [4.78, 5) is 25.1. The van der Waals surface area contributed by atoms with E-state index in [0.717, 1.165) is 11.1 Å². The topological polar surface area (TPSA) is 59.3 Å². The standard InChI is InChI=1S/C18H12ClNO3/c1-9-7-13-11(8-12(9)19)16(21)14-15(10-5-3-2-4-6-10)20-18(22)17(14)23-13/h2-8,15H,1H3,(H,20,22). The Balaban J connectivity index is 2.04. The molecule has 5 heteroatoms. The molecule has 114 valence electrons. The molecule has 23 heavy (non-hydrogen) atoms. The number of hydrogen-bond donors (Lipinski definition) is 1. The van der Waals surface area contributed by atoms with Crippen molar-refractivity contribution in [2.75, 3.05) is 0 Å². The van der Waals surface area contributed by atoms with Crippen LogP contribution in [0.1, 0.15) is 33.3 Å². The minimum Gasteiger partial charge on any atom is -0.450 e. The van der Waals surface area contributed by atoms with Crippen molar-refractivity contribution in [2.45, 2.75) is 13.0 Å². The van der Waals surface area contributed by atoms with Crippen LogP contribution in [0.4, 0.5) is 0 Å². The predicted molar refractivity (Wildman–Crippen MR) is 88.0 cm³/mol. The second-order valence-corrected chi connectivity index (χ2v) is 6.00. The van der Waals surface area contributed by atoms with Crippen molar-refractivity contribution in [1.82, 2.24) is 5.32 Å². The van der Waals surface area contributed by atoms with Crippen molar-refractivity contribution in [1.29, 1.82) is 0 Å². The Morgan fingerprint density at radius 1 is 1.13 bits per heavy atom. The molecule has 0 radical (unpaired) electrons. The average molecular weight is 326 g/mol. The van der Waals surface area contributed by atoms with Crippen LogP contribution in [0.3, 0.4) is 0 Å². The Hall–Kier alpha value is -2.59. The van der Waals surface area contributed by atoms with Gasteiger partial charge in [0.2, 0.25) is 5.76 Å². The Morgan fingerprint density at radius 2 is 1.87 bits per heavy atom. The van der Waals surface area contributed by atoms with Gasteiger partial charge in [0.1, 0.15) is 5.58 Å². The lowest BCUT2D eigenvalue weighted by atomic mass is 9.99. The van der Waals surface area contributed by atoms with Gasteiger partial charge in [-0.15, -0.1) is 0 Å². The molecule has 1 N–H and O–H groups in total. The zero-order valence-corrected chi connectivity index (χ0v) is 13.0. The zero-order valence-electron chi connectivity index (χ0n) is 12.2. The van der Waals surface area contributed by atoms with E-state index in [-0.39, 0.29) is 17.1 Å². The molecule has 4 nitrogen and oxygen atoms in total. The van der Waals surface area contributed by atoms with Gasteiger partial charge in [-0.3, -0.25) is 9.59 Å². The quantitative estimate of drug-likeness (QED) is 0.744. The molecule has 0 bridgehead atoms. The molecule has 0 saturated carbocycles. The number of fused-ring (bicyclic) bond motifs is 2. The van der Waals surface area contributed by atoms with E-state index in [9.17, 15) is 9.59 Å². The third kappa shape index (κ3) is 2.06. The van der Waals surface area contributed by atoms with E-state index in [1.165, 1.54) is 0 Å². The number of benzene rings is 2. The molecule has 2 aromatic carbocycles. The molecular weight excluding hydrogens is 314 g/mol. The normalized spacial score (nSPS) is 16.4. The molecule has 1 aliphatic heterocycles. The number of halogens is 1. The van der Waals surface area contributed by atoms with Crippen LogP contribution >= 0.6 is 11.6 Å². The van der Waals surface area contributed by atoms with Gasteiger partial charge in [0.05, 0.1) is 17.0 Å². The van der Waals surface area contributed by atoms with Crippen LogP contribution in [0.2, 0.25) is 5.02 Å². The summed E-state index contributed by atoms with van der Waals surface area (Å²) in [6.07, 6.45) is 0. The Labute approximate surface area is 136 Å². The average Bonchev–Trinajstić information content (AvgIpc) is 2.88. The van der Waals surface area contributed by atoms with E-state index in [0.29, 0.717) is 21.6 Å². The zero-order chi connectivity index (χ0) is 16.1. The summed E-state index contributed by atoms with van der Waals surface area (Å²) in [5.74, 6) is -0.293. The van der Waals surface area contributed by atoms with Gasteiger partial charge in [-0.1, -0.05) is 41.9 Å². The van der Waals surface area contributed by atoms with Gasteiger partial charge in [-0.25, -0.2) is 0 Å². The van der Waals surface area contributed by atoms with Crippen LogP contribution in [-0.2, 0) is 0 Å². The fourth-order valence-corrected chi connectivity index (χ4v) is 3.09. The molecule has 3 aromatic rings. The molecule has 1 aliphatic rings. The molecule has 0 fully saturated rings. The minimum atomic E-state index is -0.501. The molecule has 0 saturated heterocycles. The Kier molecular flexibility index (Phi) is 3.03. The first-order valence-corrected chi connectivity index (χ1v) is 7.56. The minimum absolute atomic E-state index is 0.0816. The van der Waals surface area contributed by atoms with Crippen LogP contribution in [0.25, 0.3) is 11.0 Å². The second-order valence-electron chi connectivity index (χ2n) is 5.59. The maximum Gasteiger partial charge on any atom is 0.288 e. The lowest BCUT2D eigenvalue weighted by Gasteiger charge is -2.11. The summed E-state index contributed by atoms with van der Waals surface area (Å²) in [6, 6.07) is 12.1. The molecular formula is C18H12ClNO3. The van der Waals surface area contributed by atoms with E-state index in [2.05, 4.69) is 5.32 Å². The first kappa shape index (κ1) is 14.0. The van der Waals surface area contributed by atoms with Crippen molar-refractivity contribution in [3.05, 3.63) is 80.2 Å². The van der Waals surface area contributed by atoms with Crippen LogP contribution < -0.4 is 10.7 Å². The van der Waals surface area contributed by atoms with Gasteiger partial charge >= 0.3 is 0 Å². The van der Waals surface area contributed by atoms with E-state index in [1.54, 1.807) is 12.1 Å². The maximum absolute atomic E-state index is 12.9. The Bertz CT molecular complexity index is 1010.